The molecule has 6 heteroatoms. The standard InChI is InChI=1S/C10H12ClN3O2/c1-5(9(13)15)14-10(16)7-4-6(11)2-3-8(7)12/h2-5H,12H2,1H3,(H2,13,15)(H,14,16). The molecular formula is C10H12ClN3O2. The number of nitrogen functional groups attached to an aromatic ring is 1. The molecule has 0 radical (unpaired) electrons. The van der Waals surface area contributed by atoms with Gasteiger partial charge in [0, 0.05) is 10.7 Å². The molecule has 1 atom stereocenters. The van der Waals surface area contributed by atoms with Crippen molar-refractivity contribution < 1.29 is 9.59 Å². The van der Waals surface area contributed by atoms with Gasteiger partial charge >= 0.3 is 0 Å². The molecule has 0 aliphatic carbocycles. The number of carbonyl (C=O) groups is 2. The Labute approximate surface area is 97.7 Å². The summed E-state index contributed by atoms with van der Waals surface area (Å²) in [5.74, 6) is -1.10. The lowest BCUT2D eigenvalue weighted by molar-refractivity contribution is -0.119. The molecule has 0 saturated heterocycles. The normalized spacial score (nSPS) is 11.9. The second kappa shape index (κ2) is 4.85. The van der Waals surface area contributed by atoms with E-state index in [4.69, 9.17) is 23.1 Å². The summed E-state index contributed by atoms with van der Waals surface area (Å²) < 4.78 is 0. The molecule has 0 aromatic heterocycles. The molecule has 0 aliphatic heterocycles. The van der Waals surface area contributed by atoms with E-state index in [2.05, 4.69) is 5.32 Å². The van der Waals surface area contributed by atoms with E-state index in [1.54, 1.807) is 6.07 Å². The van der Waals surface area contributed by atoms with Crippen LogP contribution in [0.3, 0.4) is 0 Å². The number of nitrogens with two attached hydrogens (primary N) is 2. The summed E-state index contributed by atoms with van der Waals surface area (Å²) in [4.78, 5) is 22.4. The Kier molecular flexibility index (Phi) is 3.73. The second-order valence-electron chi connectivity index (χ2n) is 3.33. The molecule has 0 fully saturated rings. The van der Waals surface area contributed by atoms with E-state index in [-0.39, 0.29) is 5.56 Å². The second-order valence-corrected chi connectivity index (χ2v) is 3.77. The molecule has 1 unspecified atom stereocenters. The van der Waals surface area contributed by atoms with Gasteiger partial charge in [-0.2, -0.15) is 0 Å². The van der Waals surface area contributed by atoms with E-state index < -0.39 is 17.9 Å². The van der Waals surface area contributed by atoms with Crippen molar-refractivity contribution in [1.29, 1.82) is 0 Å². The lowest BCUT2D eigenvalue weighted by atomic mass is 10.1. The van der Waals surface area contributed by atoms with Gasteiger partial charge < -0.3 is 16.8 Å². The van der Waals surface area contributed by atoms with Crippen molar-refractivity contribution in [2.24, 2.45) is 5.73 Å². The van der Waals surface area contributed by atoms with E-state index in [0.717, 1.165) is 0 Å². The van der Waals surface area contributed by atoms with Crippen LogP contribution in [0.25, 0.3) is 0 Å². The SMILES string of the molecule is CC(NC(=O)c1cc(Cl)ccc1N)C(N)=O. The number of anilines is 1. The summed E-state index contributed by atoms with van der Waals surface area (Å²) in [6.07, 6.45) is 0. The Hall–Kier alpha value is -1.75. The predicted octanol–water partition coefficient (Wildman–Crippen LogP) is 0.526. The zero-order chi connectivity index (χ0) is 12.3. The smallest absolute Gasteiger partial charge is 0.254 e. The number of amides is 2. The summed E-state index contributed by atoms with van der Waals surface area (Å²) >= 11 is 5.73. The van der Waals surface area contributed by atoms with E-state index in [1.165, 1.54) is 19.1 Å². The van der Waals surface area contributed by atoms with Crippen molar-refractivity contribution in [3.63, 3.8) is 0 Å². The van der Waals surface area contributed by atoms with Crippen LogP contribution in [0.1, 0.15) is 17.3 Å². The molecule has 0 heterocycles. The molecule has 0 aliphatic rings. The minimum Gasteiger partial charge on any atom is -0.398 e. The van der Waals surface area contributed by atoms with Gasteiger partial charge in [0.25, 0.3) is 5.91 Å². The highest BCUT2D eigenvalue weighted by Gasteiger charge is 2.15. The number of benzene rings is 1. The topological polar surface area (TPSA) is 98.2 Å². The maximum absolute atomic E-state index is 11.7. The van der Waals surface area contributed by atoms with Crippen LogP contribution >= 0.6 is 11.6 Å². The zero-order valence-corrected chi connectivity index (χ0v) is 9.41. The van der Waals surface area contributed by atoms with Crippen LogP contribution in [0.2, 0.25) is 5.02 Å². The van der Waals surface area contributed by atoms with E-state index in [9.17, 15) is 9.59 Å². The Balaban J connectivity index is 2.88. The van der Waals surface area contributed by atoms with Gasteiger partial charge in [0.1, 0.15) is 6.04 Å². The molecule has 0 saturated carbocycles. The average molecular weight is 242 g/mol. The zero-order valence-electron chi connectivity index (χ0n) is 8.66. The molecule has 5 N–H and O–H groups in total. The summed E-state index contributed by atoms with van der Waals surface area (Å²) in [7, 11) is 0. The van der Waals surface area contributed by atoms with Crippen molar-refractivity contribution in [1.82, 2.24) is 5.32 Å². The van der Waals surface area contributed by atoms with E-state index in [1.807, 2.05) is 0 Å². The lowest BCUT2D eigenvalue weighted by Gasteiger charge is -2.11. The number of nitrogens with one attached hydrogen (secondary N) is 1. The molecule has 0 bridgehead atoms. The third kappa shape index (κ3) is 2.87. The van der Waals surface area contributed by atoms with Crippen LogP contribution in [0, 0.1) is 0 Å². The van der Waals surface area contributed by atoms with Gasteiger partial charge in [-0.25, -0.2) is 0 Å². The first-order valence-electron chi connectivity index (χ1n) is 4.57. The van der Waals surface area contributed by atoms with Crippen molar-refractivity contribution in [3.8, 4) is 0 Å². The Morgan fingerprint density at radius 1 is 1.44 bits per heavy atom. The number of halogens is 1. The Bertz CT molecular complexity index is 434. The maximum atomic E-state index is 11.7. The van der Waals surface area contributed by atoms with Crippen LogP contribution < -0.4 is 16.8 Å². The number of primary amides is 1. The monoisotopic (exact) mass is 241 g/mol. The van der Waals surface area contributed by atoms with Crippen LogP contribution in [0.5, 0.6) is 0 Å². The fraction of sp³-hybridized carbons (Fsp3) is 0.200. The minimum absolute atomic E-state index is 0.223. The summed E-state index contributed by atoms with van der Waals surface area (Å²) in [6.45, 7) is 1.49. The van der Waals surface area contributed by atoms with Crippen LogP contribution in [0.4, 0.5) is 5.69 Å². The van der Waals surface area contributed by atoms with Crippen molar-refractivity contribution in [2.75, 3.05) is 5.73 Å². The van der Waals surface area contributed by atoms with Crippen LogP contribution in [-0.2, 0) is 4.79 Å². The molecule has 86 valence electrons. The van der Waals surface area contributed by atoms with E-state index in [0.29, 0.717) is 10.7 Å². The predicted molar refractivity (Wildman–Crippen MR) is 62.0 cm³/mol. The van der Waals surface area contributed by atoms with Crippen LogP contribution in [-0.4, -0.2) is 17.9 Å². The molecule has 1 aromatic rings. The van der Waals surface area contributed by atoms with E-state index >= 15 is 0 Å². The molecule has 16 heavy (non-hydrogen) atoms. The molecule has 1 rings (SSSR count). The fourth-order valence-electron chi connectivity index (χ4n) is 1.07. The van der Waals surface area contributed by atoms with Gasteiger partial charge in [0.2, 0.25) is 5.91 Å². The highest BCUT2D eigenvalue weighted by molar-refractivity contribution is 6.31. The minimum atomic E-state index is -0.758. The summed E-state index contributed by atoms with van der Waals surface area (Å²) in [6, 6.07) is 3.77. The number of hydrogen-bond acceptors (Lipinski definition) is 3. The Morgan fingerprint density at radius 3 is 2.62 bits per heavy atom. The highest BCUT2D eigenvalue weighted by Crippen LogP contribution is 2.17. The number of hydrogen-bond donors (Lipinski definition) is 3. The first-order chi connectivity index (χ1) is 7.41. The van der Waals surface area contributed by atoms with Crippen LogP contribution in [0.15, 0.2) is 18.2 Å². The first kappa shape index (κ1) is 12.3. The summed E-state index contributed by atoms with van der Waals surface area (Å²) in [5, 5.41) is 2.81. The molecular weight excluding hydrogens is 230 g/mol. The largest absolute Gasteiger partial charge is 0.398 e. The van der Waals surface area contributed by atoms with Gasteiger partial charge in [-0.3, -0.25) is 9.59 Å². The average Bonchev–Trinajstić information content (AvgIpc) is 2.21. The maximum Gasteiger partial charge on any atom is 0.254 e. The molecule has 0 spiro atoms. The summed E-state index contributed by atoms with van der Waals surface area (Å²) in [5.41, 5.74) is 11.1. The van der Waals surface area contributed by atoms with Gasteiger partial charge in [0.05, 0.1) is 5.56 Å². The van der Waals surface area contributed by atoms with Crippen molar-refractivity contribution in [2.45, 2.75) is 13.0 Å². The molecule has 5 nitrogen and oxygen atoms in total. The van der Waals surface area contributed by atoms with Crippen molar-refractivity contribution >= 4 is 29.1 Å². The highest BCUT2D eigenvalue weighted by atomic mass is 35.5. The lowest BCUT2D eigenvalue weighted by Crippen LogP contribution is -2.42. The third-order valence-electron chi connectivity index (χ3n) is 2.03. The molecule has 2 amide bonds. The first-order valence-corrected chi connectivity index (χ1v) is 4.95. The quantitative estimate of drug-likeness (QED) is 0.673. The third-order valence-corrected chi connectivity index (χ3v) is 2.27. The number of rotatable bonds is 3. The van der Waals surface area contributed by atoms with Crippen molar-refractivity contribution in [3.05, 3.63) is 28.8 Å². The van der Waals surface area contributed by atoms with Gasteiger partial charge in [-0.05, 0) is 25.1 Å². The Morgan fingerprint density at radius 2 is 2.06 bits per heavy atom. The number of carbonyl (C=O) groups excluding carboxylic acids is 2. The molecule has 1 aromatic carbocycles. The van der Waals surface area contributed by atoms with Gasteiger partial charge in [0.15, 0.2) is 0 Å². The van der Waals surface area contributed by atoms with Gasteiger partial charge in [-0.1, -0.05) is 11.6 Å². The fourth-order valence-corrected chi connectivity index (χ4v) is 1.24. The van der Waals surface area contributed by atoms with Gasteiger partial charge in [-0.15, -0.1) is 0 Å².